The predicted octanol–water partition coefficient (Wildman–Crippen LogP) is 4.83. The first-order valence-electron chi connectivity index (χ1n) is 9.06. The average molecular weight is 397 g/mol. The summed E-state index contributed by atoms with van der Waals surface area (Å²) in [5.41, 5.74) is 1.90. The number of carbonyl (C=O) groups excluding carboxylic acids is 1. The third-order valence-electron chi connectivity index (χ3n) is 4.80. The molecule has 140 valence electrons. The van der Waals surface area contributed by atoms with Crippen molar-refractivity contribution in [2.24, 2.45) is 0 Å². The van der Waals surface area contributed by atoms with Crippen LogP contribution >= 0.6 is 11.3 Å². The largest absolute Gasteiger partial charge is 0.321 e. The zero-order chi connectivity index (χ0) is 19.8. The second kappa shape index (κ2) is 7.00. The summed E-state index contributed by atoms with van der Waals surface area (Å²) in [6, 6.07) is 23.0. The molecule has 0 fully saturated rings. The predicted molar refractivity (Wildman–Crippen MR) is 117 cm³/mol. The van der Waals surface area contributed by atoms with Crippen molar-refractivity contribution in [2.45, 2.75) is 0 Å². The van der Waals surface area contributed by atoms with Crippen LogP contribution in [0, 0.1) is 0 Å². The third-order valence-corrected chi connectivity index (χ3v) is 5.64. The van der Waals surface area contributed by atoms with Gasteiger partial charge in [0.2, 0.25) is 0 Å². The van der Waals surface area contributed by atoms with Crippen LogP contribution in [0.15, 0.2) is 89.2 Å². The van der Waals surface area contributed by atoms with Gasteiger partial charge in [0.25, 0.3) is 11.5 Å². The number of aromatic nitrogens is 2. The van der Waals surface area contributed by atoms with Crippen molar-refractivity contribution in [3.05, 3.63) is 100 Å². The number of nitrogens with one attached hydrogen (secondary N) is 1. The molecule has 0 unspecified atom stereocenters. The van der Waals surface area contributed by atoms with Crippen molar-refractivity contribution in [1.82, 2.24) is 9.38 Å². The fourth-order valence-electron chi connectivity index (χ4n) is 3.38. The normalized spacial score (nSPS) is 11.0. The van der Waals surface area contributed by atoms with E-state index >= 15 is 0 Å². The monoisotopic (exact) mass is 397 g/mol. The van der Waals surface area contributed by atoms with E-state index in [1.165, 1.54) is 21.9 Å². The number of carbonyl (C=O) groups is 1. The van der Waals surface area contributed by atoms with Crippen LogP contribution in [0.4, 0.5) is 5.69 Å². The Kier molecular flexibility index (Phi) is 4.18. The summed E-state index contributed by atoms with van der Waals surface area (Å²) in [7, 11) is 0. The van der Waals surface area contributed by atoms with Crippen molar-refractivity contribution in [3.8, 4) is 11.3 Å². The Labute approximate surface area is 169 Å². The lowest BCUT2D eigenvalue weighted by molar-refractivity contribution is 0.102. The van der Waals surface area contributed by atoms with E-state index in [4.69, 9.17) is 0 Å². The number of hydrogen-bond acceptors (Lipinski definition) is 4. The molecule has 0 radical (unpaired) electrons. The van der Waals surface area contributed by atoms with Crippen molar-refractivity contribution in [3.63, 3.8) is 0 Å². The number of nitrogens with zero attached hydrogens (tertiary/aromatic N) is 2. The van der Waals surface area contributed by atoms with Gasteiger partial charge in [-0.05, 0) is 17.0 Å². The van der Waals surface area contributed by atoms with Crippen molar-refractivity contribution >= 4 is 38.7 Å². The Hall–Kier alpha value is -3.77. The van der Waals surface area contributed by atoms with Crippen molar-refractivity contribution < 1.29 is 4.79 Å². The van der Waals surface area contributed by atoms with Gasteiger partial charge in [0.1, 0.15) is 5.56 Å². The number of amides is 1. The lowest BCUT2D eigenvalue weighted by atomic mass is 10.1. The molecule has 0 aliphatic carbocycles. The van der Waals surface area contributed by atoms with Gasteiger partial charge in [0.05, 0.1) is 5.69 Å². The summed E-state index contributed by atoms with van der Waals surface area (Å²) in [5.74, 6) is -0.474. The van der Waals surface area contributed by atoms with Crippen molar-refractivity contribution in [2.75, 3.05) is 5.32 Å². The van der Waals surface area contributed by atoms with Crippen LogP contribution in [-0.4, -0.2) is 15.3 Å². The number of hydrogen-bond donors (Lipinski definition) is 1. The lowest BCUT2D eigenvalue weighted by Crippen LogP contribution is -2.26. The van der Waals surface area contributed by atoms with Gasteiger partial charge in [-0.15, -0.1) is 11.3 Å². The Bertz CT molecular complexity index is 1420. The quantitative estimate of drug-likeness (QED) is 0.474. The molecule has 1 amide bonds. The molecule has 0 bridgehead atoms. The summed E-state index contributed by atoms with van der Waals surface area (Å²) in [6.07, 6.45) is 1.35. The molecule has 5 rings (SSSR count). The number of benzene rings is 3. The first kappa shape index (κ1) is 17.3. The van der Waals surface area contributed by atoms with E-state index in [0.29, 0.717) is 10.6 Å². The number of thiazole rings is 1. The van der Waals surface area contributed by atoms with E-state index in [9.17, 15) is 9.59 Å². The molecule has 5 aromatic rings. The molecule has 2 aromatic heterocycles. The molecular formula is C23H15N3O2S. The fourth-order valence-corrected chi connectivity index (χ4v) is 4.24. The zero-order valence-electron chi connectivity index (χ0n) is 15.2. The van der Waals surface area contributed by atoms with Crippen LogP contribution < -0.4 is 10.9 Å². The van der Waals surface area contributed by atoms with E-state index in [1.807, 2.05) is 78.2 Å². The molecule has 0 spiro atoms. The van der Waals surface area contributed by atoms with Crippen LogP contribution in [-0.2, 0) is 0 Å². The SMILES string of the molecule is O=C(Nc1cccc2ccccc12)c1cnc2scc(-c3ccccc3)n2c1=O. The minimum Gasteiger partial charge on any atom is -0.321 e. The standard InChI is InChI=1S/C23H15N3O2S/c27-21(25-19-12-6-10-15-7-4-5-11-17(15)19)18-13-24-23-26(22(18)28)20(14-29-23)16-8-2-1-3-9-16/h1-14H,(H,25,27). The van der Waals surface area contributed by atoms with Gasteiger partial charge in [-0.25, -0.2) is 4.98 Å². The topological polar surface area (TPSA) is 63.5 Å². The summed E-state index contributed by atoms with van der Waals surface area (Å²) in [4.78, 5) is 31.0. The van der Waals surface area contributed by atoms with Gasteiger partial charge >= 0.3 is 0 Å². The molecule has 29 heavy (non-hydrogen) atoms. The van der Waals surface area contributed by atoms with E-state index < -0.39 is 5.91 Å². The van der Waals surface area contributed by atoms with E-state index in [0.717, 1.165) is 22.0 Å². The van der Waals surface area contributed by atoms with E-state index in [1.54, 1.807) is 0 Å². The van der Waals surface area contributed by atoms with Crippen LogP contribution in [0.2, 0.25) is 0 Å². The van der Waals surface area contributed by atoms with Gasteiger partial charge in [0.15, 0.2) is 4.96 Å². The molecule has 5 nitrogen and oxygen atoms in total. The smallest absolute Gasteiger partial charge is 0.271 e. The second-order valence-corrected chi connectivity index (χ2v) is 7.40. The zero-order valence-corrected chi connectivity index (χ0v) is 16.0. The second-order valence-electron chi connectivity index (χ2n) is 6.56. The molecule has 6 heteroatoms. The highest BCUT2D eigenvalue weighted by Gasteiger charge is 2.17. The summed E-state index contributed by atoms with van der Waals surface area (Å²) >= 11 is 1.37. The average Bonchev–Trinajstić information content (AvgIpc) is 3.20. The van der Waals surface area contributed by atoms with Crippen LogP contribution in [0.5, 0.6) is 0 Å². The number of anilines is 1. The first-order chi connectivity index (χ1) is 14.2. The van der Waals surface area contributed by atoms with Crippen LogP contribution in [0.1, 0.15) is 10.4 Å². The van der Waals surface area contributed by atoms with Gasteiger partial charge in [-0.2, -0.15) is 0 Å². The van der Waals surface area contributed by atoms with Gasteiger partial charge in [-0.3, -0.25) is 14.0 Å². The van der Waals surface area contributed by atoms with Crippen LogP contribution in [0.25, 0.3) is 27.0 Å². The molecule has 1 N–H and O–H groups in total. The molecule has 3 aromatic carbocycles. The summed E-state index contributed by atoms with van der Waals surface area (Å²) in [6.45, 7) is 0. The first-order valence-corrected chi connectivity index (χ1v) is 9.94. The maximum Gasteiger partial charge on any atom is 0.271 e. The highest BCUT2D eigenvalue weighted by molar-refractivity contribution is 7.15. The molecule has 0 atom stereocenters. The summed E-state index contributed by atoms with van der Waals surface area (Å²) in [5, 5.41) is 6.68. The Morgan fingerprint density at radius 2 is 1.69 bits per heavy atom. The Morgan fingerprint density at radius 3 is 2.55 bits per heavy atom. The molecular weight excluding hydrogens is 382 g/mol. The third kappa shape index (κ3) is 2.99. The van der Waals surface area contributed by atoms with Crippen LogP contribution in [0.3, 0.4) is 0 Å². The number of rotatable bonds is 3. The Balaban J connectivity index is 1.59. The van der Waals surface area contributed by atoms with Gasteiger partial charge < -0.3 is 5.32 Å². The lowest BCUT2D eigenvalue weighted by Gasteiger charge is -2.09. The molecule has 2 heterocycles. The molecule has 0 saturated heterocycles. The fraction of sp³-hybridized carbons (Fsp3) is 0. The maximum absolute atomic E-state index is 13.1. The van der Waals surface area contributed by atoms with Crippen molar-refractivity contribution in [1.29, 1.82) is 0 Å². The highest BCUT2D eigenvalue weighted by atomic mass is 32.1. The van der Waals surface area contributed by atoms with Gasteiger partial charge in [-0.1, -0.05) is 66.7 Å². The molecule has 0 saturated carbocycles. The maximum atomic E-state index is 13.1. The van der Waals surface area contributed by atoms with E-state index in [2.05, 4.69) is 10.3 Å². The highest BCUT2D eigenvalue weighted by Crippen LogP contribution is 2.25. The molecule has 0 aliphatic heterocycles. The molecule has 0 aliphatic rings. The minimum absolute atomic E-state index is 0.00557. The summed E-state index contributed by atoms with van der Waals surface area (Å²) < 4.78 is 1.50. The van der Waals surface area contributed by atoms with E-state index in [-0.39, 0.29) is 11.1 Å². The Morgan fingerprint density at radius 1 is 0.931 bits per heavy atom. The number of fused-ring (bicyclic) bond motifs is 2. The minimum atomic E-state index is -0.474. The van der Waals surface area contributed by atoms with Gasteiger partial charge in [0, 0.05) is 22.7 Å².